The predicted octanol–water partition coefficient (Wildman–Crippen LogP) is 3.66. The lowest BCUT2D eigenvalue weighted by Gasteiger charge is -2.34. The van der Waals surface area contributed by atoms with E-state index in [4.69, 9.17) is 0 Å². The Morgan fingerprint density at radius 3 is 2.33 bits per heavy atom. The third-order valence-electron chi connectivity index (χ3n) is 6.28. The molecule has 0 radical (unpaired) electrons. The second-order valence-corrected chi connectivity index (χ2v) is 8.78. The zero-order chi connectivity index (χ0) is 20.9. The van der Waals surface area contributed by atoms with Crippen molar-refractivity contribution in [3.05, 3.63) is 59.2 Å². The Morgan fingerprint density at radius 1 is 0.900 bits per heavy atom. The van der Waals surface area contributed by atoms with Crippen LogP contribution < -0.4 is 10.2 Å². The molecule has 4 rings (SSSR count). The molecular formula is C25H34N4O. The highest BCUT2D eigenvalue weighted by molar-refractivity contribution is 5.93. The molecule has 5 heteroatoms. The molecule has 2 aliphatic heterocycles. The molecule has 2 heterocycles. The predicted molar refractivity (Wildman–Crippen MR) is 124 cm³/mol. The van der Waals surface area contributed by atoms with E-state index >= 15 is 0 Å². The third-order valence-corrected chi connectivity index (χ3v) is 6.28. The van der Waals surface area contributed by atoms with E-state index in [2.05, 4.69) is 76.3 Å². The van der Waals surface area contributed by atoms with Crippen LogP contribution in [0.5, 0.6) is 0 Å². The summed E-state index contributed by atoms with van der Waals surface area (Å²) in [4.78, 5) is 19.8. The molecule has 2 saturated heterocycles. The van der Waals surface area contributed by atoms with Crippen LogP contribution in [0.25, 0.3) is 0 Å². The summed E-state index contributed by atoms with van der Waals surface area (Å²) in [7, 11) is 0. The van der Waals surface area contributed by atoms with Gasteiger partial charge in [-0.1, -0.05) is 29.8 Å². The van der Waals surface area contributed by atoms with Crippen LogP contribution in [0.3, 0.4) is 0 Å². The van der Waals surface area contributed by atoms with Crippen LogP contribution in [0.1, 0.15) is 29.5 Å². The van der Waals surface area contributed by atoms with Gasteiger partial charge in [0.05, 0.1) is 6.54 Å². The first-order valence-electron chi connectivity index (χ1n) is 11.2. The number of aryl methyl sites for hydroxylation is 2. The molecule has 1 amide bonds. The summed E-state index contributed by atoms with van der Waals surface area (Å²) in [6, 6.07) is 15.1. The molecule has 0 aromatic heterocycles. The number of hydrogen-bond acceptors (Lipinski definition) is 4. The smallest absolute Gasteiger partial charge is 0.238 e. The van der Waals surface area contributed by atoms with E-state index in [-0.39, 0.29) is 5.91 Å². The zero-order valence-corrected chi connectivity index (χ0v) is 18.4. The normalized spacial score (nSPS) is 18.0. The van der Waals surface area contributed by atoms with E-state index in [1.807, 2.05) is 0 Å². The number of anilines is 2. The Kier molecular flexibility index (Phi) is 6.70. The van der Waals surface area contributed by atoms with Gasteiger partial charge in [0.25, 0.3) is 0 Å². The summed E-state index contributed by atoms with van der Waals surface area (Å²) in [6.07, 6.45) is 2.55. The minimum atomic E-state index is 0.0826. The minimum absolute atomic E-state index is 0.0826. The number of rotatable bonds is 6. The van der Waals surface area contributed by atoms with Crippen molar-refractivity contribution in [2.45, 2.75) is 33.2 Å². The lowest BCUT2D eigenvalue weighted by Crippen LogP contribution is -2.48. The van der Waals surface area contributed by atoms with Crippen molar-refractivity contribution in [1.29, 1.82) is 0 Å². The van der Waals surface area contributed by atoms with Crippen LogP contribution >= 0.6 is 0 Å². The van der Waals surface area contributed by atoms with Crippen molar-refractivity contribution >= 4 is 17.3 Å². The fourth-order valence-electron chi connectivity index (χ4n) is 4.53. The van der Waals surface area contributed by atoms with Gasteiger partial charge >= 0.3 is 0 Å². The molecule has 0 unspecified atom stereocenters. The van der Waals surface area contributed by atoms with Gasteiger partial charge in [-0.25, -0.2) is 0 Å². The highest BCUT2D eigenvalue weighted by Gasteiger charge is 2.20. The maximum absolute atomic E-state index is 12.6. The Morgan fingerprint density at radius 2 is 1.63 bits per heavy atom. The van der Waals surface area contributed by atoms with E-state index in [1.165, 1.54) is 29.7 Å². The summed E-state index contributed by atoms with van der Waals surface area (Å²) in [5.41, 5.74) is 6.02. The van der Waals surface area contributed by atoms with Gasteiger partial charge in [0.15, 0.2) is 0 Å². The second-order valence-electron chi connectivity index (χ2n) is 8.78. The third kappa shape index (κ3) is 5.41. The van der Waals surface area contributed by atoms with E-state index in [0.29, 0.717) is 6.54 Å². The van der Waals surface area contributed by atoms with Gasteiger partial charge in [-0.15, -0.1) is 0 Å². The fraction of sp³-hybridized carbons (Fsp3) is 0.480. The maximum atomic E-state index is 12.6. The number of carbonyl (C=O) groups is 1. The topological polar surface area (TPSA) is 38.8 Å². The standard InChI is InChI=1S/C25H34N4O/c1-20-6-5-7-22(16-20)18-27-12-14-28(15-13-27)19-25(30)26-24-9-8-23(17-21(24)2)29-10-3-4-11-29/h5-9,16-17H,3-4,10-15,18-19H2,1-2H3,(H,26,30). The highest BCUT2D eigenvalue weighted by Crippen LogP contribution is 2.25. The van der Waals surface area contributed by atoms with Gasteiger partial charge in [0.1, 0.15) is 0 Å². The largest absolute Gasteiger partial charge is 0.372 e. The average molecular weight is 407 g/mol. The van der Waals surface area contributed by atoms with Crippen LogP contribution in [-0.4, -0.2) is 61.5 Å². The van der Waals surface area contributed by atoms with Gasteiger partial charge in [0, 0.05) is 57.2 Å². The molecule has 0 bridgehead atoms. The lowest BCUT2D eigenvalue weighted by molar-refractivity contribution is -0.117. The van der Waals surface area contributed by atoms with Crippen LogP contribution in [0, 0.1) is 13.8 Å². The van der Waals surface area contributed by atoms with Crippen molar-refractivity contribution < 1.29 is 4.79 Å². The van der Waals surface area contributed by atoms with Crippen molar-refractivity contribution in [1.82, 2.24) is 9.80 Å². The summed E-state index contributed by atoms with van der Waals surface area (Å²) >= 11 is 0. The van der Waals surface area contributed by atoms with Gasteiger partial charge in [-0.05, 0) is 56.0 Å². The summed E-state index contributed by atoms with van der Waals surface area (Å²) < 4.78 is 0. The molecule has 0 atom stereocenters. The van der Waals surface area contributed by atoms with Gasteiger partial charge in [0.2, 0.25) is 5.91 Å². The average Bonchev–Trinajstić information content (AvgIpc) is 3.26. The second kappa shape index (κ2) is 9.63. The number of nitrogens with one attached hydrogen (secondary N) is 1. The number of nitrogens with zero attached hydrogens (tertiary/aromatic N) is 3. The quantitative estimate of drug-likeness (QED) is 0.795. The molecule has 2 aliphatic rings. The molecular weight excluding hydrogens is 372 g/mol. The van der Waals surface area contributed by atoms with Gasteiger partial charge in [-0.2, -0.15) is 0 Å². The van der Waals surface area contributed by atoms with Gasteiger partial charge < -0.3 is 10.2 Å². The first-order valence-corrected chi connectivity index (χ1v) is 11.2. The Labute approximate surface area is 180 Å². The lowest BCUT2D eigenvalue weighted by atomic mass is 10.1. The van der Waals surface area contributed by atoms with Gasteiger partial charge in [-0.3, -0.25) is 14.6 Å². The first-order chi connectivity index (χ1) is 14.6. The molecule has 30 heavy (non-hydrogen) atoms. The van der Waals surface area contributed by atoms with E-state index < -0.39 is 0 Å². The zero-order valence-electron chi connectivity index (χ0n) is 18.4. The Balaban J connectivity index is 1.24. The number of benzene rings is 2. The van der Waals surface area contributed by atoms with E-state index in [0.717, 1.165) is 57.1 Å². The molecule has 0 spiro atoms. The maximum Gasteiger partial charge on any atom is 0.238 e. The van der Waals surface area contributed by atoms with E-state index in [1.54, 1.807) is 0 Å². The SMILES string of the molecule is Cc1cccc(CN2CCN(CC(=O)Nc3ccc(N4CCCC4)cc3C)CC2)c1. The number of hydrogen-bond donors (Lipinski definition) is 1. The monoisotopic (exact) mass is 406 g/mol. The molecule has 160 valence electrons. The molecule has 0 aliphatic carbocycles. The summed E-state index contributed by atoms with van der Waals surface area (Å²) in [5, 5.41) is 3.12. The van der Waals surface area contributed by atoms with Crippen LogP contribution in [-0.2, 0) is 11.3 Å². The fourth-order valence-corrected chi connectivity index (χ4v) is 4.53. The number of amides is 1. The van der Waals surface area contributed by atoms with Crippen molar-refractivity contribution in [3.8, 4) is 0 Å². The highest BCUT2D eigenvalue weighted by atomic mass is 16.2. The Bertz CT molecular complexity index is 867. The van der Waals surface area contributed by atoms with Crippen LogP contribution in [0.15, 0.2) is 42.5 Å². The minimum Gasteiger partial charge on any atom is -0.372 e. The van der Waals surface area contributed by atoms with E-state index in [9.17, 15) is 4.79 Å². The first kappa shape index (κ1) is 20.9. The van der Waals surface area contributed by atoms with Crippen molar-refractivity contribution in [3.63, 3.8) is 0 Å². The number of piperazine rings is 1. The number of carbonyl (C=O) groups excluding carboxylic acids is 1. The van der Waals surface area contributed by atoms with Crippen molar-refractivity contribution in [2.24, 2.45) is 0 Å². The summed E-state index contributed by atoms with van der Waals surface area (Å²) in [6.45, 7) is 11.8. The molecule has 1 N–H and O–H groups in total. The van der Waals surface area contributed by atoms with Crippen LogP contribution in [0.2, 0.25) is 0 Å². The van der Waals surface area contributed by atoms with Crippen molar-refractivity contribution in [2.75, 3.05) is 56.0 Å². The summed E-state index contributed by atoms with van der Waals surface area (Å²) in [5.74, 6) is 0.0826. The molecule has 2 aromatic rings. The Hall–Kier alpha value is -2.37. The molecule has 2 aromatic carbocycles. The molecule has 5 nitrogen and oxygen atoms in total. The molecule has 0 saturated carbocycles. The molecule has 2 fully saturated rings. The van der Waals surface area contributed by atoms with Crippen LogP contribution in [0.4, 0.5) is 11.4 Å².